The number of carbonyl (C=O) groups excluding carboxylic acids is 1. The van der Waals surface area contributed by atoms with Gasteiger partial charge in [-0.3, -0.25) is 0 Å². The minimum absolute atomic E-state index is 0.240. The third-order valence-corrected chi connectivity index (χ3v) is 5.83. The number of rotatable bonds is 4. The van der Waals surface area contributed by atoms with E-state index in [4.69, 9.17) is 23.2 Å². The summed E-state index contributed by atoms with van der Waals surface area (Å²) in [7, 11) is 0. The van der Waals surface area contributed by atoms with Crippen molar-refractivity contribution in [2.75, 3.05) is 5.32 Å². The van der Waals surface area contributed by atoms with Crippen LogP contribution in [0.1, 0.15) is 49.7 Å². The van der Waals surface area contributed by atoms with Crippen LogP contribution in [0.5, 0.6) is 0 Å². The summed E-state index contributed by atoms with van der Waals surface area (Å²) in [5.74, 6) is 1.51. The lowest BCUT2D eigenvalue weighted by molar-refractivity contribution is 0.251. The molecule has 2 aromatic rings. The maximum absolute atomic E-state index is 12.1. The first-order valence-electron chi connectivity index (χ1n) is 9.10. The fraction of sp³-hybridized carbons (Fsp3) is 0.381. The third kappa shape index (κ3) is 5.15. The molecule has 1 aliphatic rings. The number of carbonyl (C=O) groups is 1. The van der Waals surface area contributed by atoms with E-state index in [9.17, 15) is 4.79 Å². The predicted octanol–water partition coefficient (Wildman–Crippen LogP) is 6.61. The molecule has 3 nitrogen and oxygen atoms in total. The molecule has 3 rings (SSSR count). The van der Waals surface area contributed by atoms with Crippen molar-refractivity contribution in [3.8, 4) is 0 Å². The van der Waals surface area contributed by atoms with Gasteiger partial charge in [-0.25, -0.2) is 4.79 Å². The van der Waals surface area contributed by atoms with Crippen LogP contribution in [-0.4, -0.2) is 6.03 Å². The average molecular weight is 391 g/mol. The number of urea groups is 1. The van der Waals surface area contributed by atoms with Gasteiger partial charge in [-0.05, 0) is 60.1 Å². The highest BCUT2D eigenvalue weighted by molar-refractivity contribution is 6.42. The summed E-state index contributed by atoms with van der Waals surface area (Å²) in [6.07, 6.45) is 5.14. The van der Waals surface area contributed by atoms with E-state index in [2.05, 4.69) is 29.7 Å². The number of amides is 2. The Hall–Kier alpha value is -1.71. The highest BCUT2D eigenvalue weighted by atomic mass is 35.5. The van der Waals surface area contributed by atoms with Crippen LogP contribution in [0.2, 0.25) is 10.0 Å². The summed E-state index contributed by atoms with van der Waals surface area (Å²) in [6, 6.07) is 13.3. The molecule has 1 fully saturated rings. The summed E-state index contributed by atoms with van der Waals surface area (Å²) in [5, 5.41) is 6.68. The SMILES string of the molecule is CC1CCC(c2ccc(NC(=O)NCc3ccc(Cl)c(Cl)c3)cc2)CC1. The van der Waals surface area contributed by atoms with Crippen LogP contribution in [0.25, 0.3) is 0 Å². The number of nitrogens with one attached hydrogen (secondary N) is 2. The smallest absolute Gasteiger partial charge is 0.319 e. The monoisotopic (exact) mass is 390 g/mol. The highest BCUT2D eigenvalue weighted by Crippen LogP contribution is 2.35. The molecule has 1 aliphatic carbocycles. The Morgan fingerprint density at radius 3 is 2.35 bits per heavy atom. The first-order valence-corrected chi connectivity index (χ1v) is 9.85. The van der Waals surface area contributed by atoms with Gasteiger partial charge in [0.1, 0.15) is 0 Å². The van der Waals surface area contributed by atoms with Gasteiger partial charge in [0.15, 0.2) is 0 Å². The Labute approximate surface area is 165 Å². The molecule has 0 heterocycles. The van der Waals surface area contributed by atoms with Gasteiger partial charge in [0, 0.05) is 12.2 Å². The quantitative estimate of drug-likeness (QED) is 0.605. The maximum Gasteiger partial charge on any atom is 0.319 e. The summed E-state index contributed by atoms with van der Waals surface area (Å²) in [5.41, 5.74) is 3.07. The normalized spacial score (nSPS) is 19.8. The standard InChI is InChI=1S/C21H24Cl2N2O/c1-14-2-5-16(6-3-14)17-7-9-18(10-8-17)25-21(26)24-13-15-4-11-19(22)20(23)12-15/h4,7-12,14,16H,2-3,5-6,13H2,1H3,(H2,24,25,26). The van der Waals surface area contributed by atoms with E-state index in [0.29, 0.717) is 22.5 Å². The predicted molar refractivity (Wildman–Crippen MR) is 109 cm³/mol. The first kappa shape index (κ1) is 19.1. The molecular weight excluding hydrogens is 367 g/mol. The molecule has 0 unspecified atom stereocenters. The summed E-state index contributed by atoms with van der Waals surface area (Å²) in [4.78, 5) is 12.1. The minimum atomic E-state index is -0.240. The molecule has 0 aliphatic heterocycles. The van der Waals surface area contributed by atoms with E-state index in [1.54, 1.807) is 12.1 Å². The second kappa shape index (κ2) is 8.79. The molecule has 0 bridgehead atoms. The summed E-state index contributed by atoms with van der Waals surface area (Å²) in [6.45, 7) is 2.72. The molecule has 5 heteroatoms. The number of benzene rings is 2. The van der Waals surface area contributed by atoms with Gasteiger partial charge < -0.3 is 10.6 Å². The number of hydrogen-bond acceptors (Lipinski definition) is 1. The zero-order chi connectivity index (χ0) is 18.5. The van der Waals surface area contributed by atoms with Crippen LogP contribution >= 0.6 is 23.2 Å². The second-order valence-corrected chi connectivity index (χ2v) is 7.95. The Balaban J connectivity index is 1.50. The van der Waals surface area contributed by atoms with Crippen LogP contribution in [0.15, 0.2) is 42.5 Å². The van der Waals surface area contributed by atoms with Crippen molar-refractivity contribution in [1.82, 2.24) is 5.32 Å². The van der Waals surface area contributed by atoms with Crippen LogP contribution < -0.4 is 10.6 Å². The molecule has 0 atom stereocenters. The lowest BCUT2D eigenvalue weighted by Gasteiger charge is -2.26. The van der Waals surface area contributed by atoms with Crippen molar-refractivity contribution in [3.05, 3.63) is 63.6 Å². The van der Waals surface area contributed by atoms with E-state index in [0.717, 1.165) is 17.2 Å². The molecule has 2 amide bonds. The van der Waals surface area contributed by atoms with Gasteiger partial charge >= 0.3 is 6.03 Å². The Bertz CT molecular complexity index is 753. The van der Waals surface area contributed by atoms with Gasteiger partial charge in [0.25, 0.3) is 0 Å². The fourth-order valence-electron chi connectivity index (χ4n) is 3.44. The summed E-state index contributed by atoms with van der Waals surface area (Å²) < 4.78 is 0. The van der Waals surface area contributed by atoms with Crippen LogP contribution in [0.3, 0.4) is 0 Å². The second-order valence-electron chi connectivity index (χ2n) is 7.13. The first-order chi connectivity index (χ1) is 12.5. The molecule has 2 N–H and O–H groups in total. The lowest BCUT2D eigenvalue weighted by Crippen LogP contribution is -2.28. The topological polar surface area (TPSA) is 41.1 Å². The molecular formula is C21H24Cl2N2O. The van der Waals surface area contributed by atoms with Crippen molar-refractivity contribution >= 4 is 34.9 Å². The highest BCUT2D eigenvalue weighted by Gasteiger charge is 2.19. The maximum atomic E-state index is 12.1. The number of halogens is 2. The largest absolute Gasteiger partial charge is 0.334 e. The molecule has 0 aromatic heterocycles. The molecule has 138 valence electrons. The molecule has 26 heavy (non-hydrogen) atoms. The molecule has 1 saturated carbocycles. The van der Waals surface area contributed by atoms with Gasteiger partial charge in [0.2, 0.25) is 0 Å². The average Bonchev–Trinajstić information content (AvgIpc) is 2.64. The minimum Gasteiger partial charge on any atom is -0.334 e. The third-order valence-electron chi connectivity index (χ3n) is 5.09. The lowest BCUT2D eigenvalue weighted by atomic mass is 9.79. The van der Waals surface area contributed by atoms with E-state index >= 15 is 0 Å². The van der Waals surface area contributed by atoms with E-state index in [1.165, 1.54) is 31.2 Å². The Kier molecular flexibility index (Phi) is 6.44. The van der Waals surface area contributed by atoms with Gasteiger partial charge in [-0.2, -0.15) is 0 Å². The van der Waals surface area contributed by atoms with Crippen LogP contribution in [0, 0.1) is 5.92 Å². The zero-order valence-electron chi connectivity index (χ0n) is 14.9. The molecule has 0 spiro atoms. The fourth-order valence-corrected chi connectivity index (χ4v) is 3.76. The zero-order valence-corrected chi connectivity index (χ0v) is 16.4. The number of hydrogen-bond donors (Lipinski definition) is 2. The van der Waals surface area contributed by atoms with Crippen LogP contribution in [0.4, 0.5) is 10.5 Å². The van der Waals surface area contributed by atoms with Crippen molar-refractivity contribution in [3.63, 3.8) is 0 Å². The summed E-state index contributed by atoms with van der Waals surface area (Å²) >= 11 is 11.9. The van der Waals surface area contributed by atoms with Crippen molar-refractivity contribution < 1.29 is 4.79 Å². The Morgan fingerprint density at radius 2 is 1.69 bits per heavy atom. The van der Waals surface area contributed by atoms with E-state index < -0.39 is 0 Å². The molecule has 0 radical (unpaired) electrons. The molecule has 2 aromatic carbocycles. The van der Waals surface area contributed by atoms with Crippen molar-refractivity contribution in [1.29, 1.82) is 0 Å². The van der Waals surface area contributed by atoms with E-state index in [-0.39, 0.29) is 6.03 Å². The Morgan fingerprint density at radius 1 is 1.00 bits per heavy atom. The van der Waals surface area contributed by atoms with Gasteiger partial charge in [0.05, 0.1) is 10.0 Å². The van der Waals surface area contributed by atoms with Gasteiger partial charge in [-0.1, -0.05) is 61.2 Å². The van der Waals surface area contributed by atoms with Gasteiger partial charge in [-0.15, -0.1) is 0 Å². The van der Waals surface area contributed by atoms with Crippen molar-refractivity contribution in [2.24, 2.45) is 5.92 Å². The number of anilines is 1. The van der Waals surface area contributed by atoms with E-state index in [1.807, 2.05) is 18.2 Å². The van der Waals surface area contributed by atoms with Crippen molar-refractivity contribution in [2.45, 2.75) is 45.1 Å². The molecule has 0 saturated heterocycles. The van der Waals surface area contributed by atoms with Crippen LogP contribution in [-0.2, 0) is 6.54 Å².